The number of nitrogens with zero attached hydrogens (tertiary/aromatic N) is 1. The molecule has 1 saturated carbocycles. The van der Waals surface area contributed by atoms with Crippen molar-refractivity contribution in [2.75, 3.05) is 19.6 Å². The first-order valence-electron chi connectivity index (χ1n) is 9.75. The Morgan fingerprint density at radius 3 is 2.75 bits per heavy atom. The van der Waals surface area contributed by atoms with Crippen molar-refractivity contribution in [3.05, 3.63) is 28.2 Å². The molecule has 28 heavy (non-hydrogen) atoms. The highest BCUT2D eigenvalue weighted by Crippen LogP contribution is 2.25. The number of hydrogen-bond donors (Lipinski definition) is 2. The number of halogens is 1. The van der Waals surface area contributed by atoms with Gasteiger partial charge in [-0.05, 0) is 66.2 Å². The van der Waals surface area contributed by atoms with E-state index in [1.54, 1.807) is 6.07 Å². The monoisotopic (exact) mass is 471 g/mol. The first-order valence-corrected chi connectivity index (χ1v) is 12.0. The zero-order valence-electron chi connectivity index (χ0n) is 15.7. The van der Waals surface area contributed by atoms with E-state index >= 15 is 0 Å². The highest BCUT2D eigenvalue weighted by molar-refractivity contribution is 9.10. The number of carbonyl (C=O) groups excluding carboxylic acids is 2. The standard InChI is InChI=1S/C19H26BrN3O4S/c20-17-9-8-15(28(26,27)22-14-6-7-14)13-16(17)19(25)21-10-4-12-23-11-3-1-2-5-18(23)24/h8-9,13-14,22H,1-7,10-12H2,(H,21,25). The maximum absolute atomic E-state index is 12.5. The summed E-state index contributed by atoms with van der Waals surface area (Å²) in [6.07, 6.45) is 6.04. The molecule has 2 amide bonds. The number of hydrogen-bond acceptors (Lipinski definition) is 4. The summed E-state index contributed by atoms with van der Waals surface area (Å²) in [5.41, 5.74) is 0.282. The van der Waals surface area contributed by atoms with E-state index in [1.807, 2.05) is 4.90 Å². The largest absolute Gasteiger partial charge is 0.352 e. The number of nitrogens with one attached hydrogen (secondary N) is 2. The lowest BCUT2D eigenvalue weighted by atomic mass is 10.2. The molecule has 1 aliphatic heterocycles. The second-order valence-corrected chi connectivity index (χ2v) is 9.91. The van der Waals surface area contributed by atoms with E-state index in [4.69, 9.17) is 0 Å². The molecule has 1 aliphatic carbocycles. The smallest absolute Gasteiger partial charge is 0.252 e. The summed E-state index contributed by atoms with van der Waals surface area (Å²) in [4.78, 5) is 26.5. The van der Waals surface area contributed by atoms with E-state index < -0.39 is 10.0 Å². The predicted molar refractivity (Wildman–Crippen MR) is 109 cm³/mol. The van der Waals surface area contributed by atoms with Crippen LogP contribution in [0.2, 0.25) is 0 Å². The first kappa shape index (κ1) is 21.3. The molecule has 1 heterocycles. The molecular weight excluding hydrogens is 446 g/mol. The average Bonchev–Trinajstić information content (AvgIpc) is 3.47. The van der Waals surface area contributed by atoms with Crippen molar-refractivity contribution in [3.8, 4) is 0 Å². The van der Waals surface area contributed by atoms with Crippen LogP contribution in [0.4, 0.5) is 0 Å². The molecule has 0 radical (unpaired) electrons. The van der Waals surface area contributed by atoms with Gasteiger partial charge in [0.05, 0.1) is 10.5 Å². The minimum atomic E-state index is -3.61. The fourth-order valence-corrected chi connectivity index (χ4v) is 4.93. The molecule has 1 saturated heterocycles. The molecule has 0 atom stereocenters. The maximum Gasteiger partial charge on any atom is 0.252 e. The van der Waals surface area contributed by atoms with Crippen molar-refractivity contribution in [1.29, 1.82) is 0 Å². The molecule has 2 fully saturated rings. The van der Waals surface area contributed by atoms with Crippen molar-refractivity contribution >= 4 is 37.8 Å². The number of rotatable bonds is 8. The lowest BCUT2D eigenvalue weighted by molar-refractivity contribution is -0.130. The van der Waals surface area contributed by atoms with E-state index in [0.717, 1.165) is 38.6 Å². The van der Waals surface area contributed by atoms with Gasteiger partial charge in [0.2, 0.25) is 15.9 Å². The number of carbonyl (C=O) groups is 2. The van der Waals surface area contributed by atoms with Crippen LogP contribution in [0.15, 0.2) is 27.6 Å². The molecule has 0 aromatic heterocycles. The predicted octanol–water partition coefficient (Wildman–Crippen LogP) is 2.41. The summed E-state index contributed by atoms with van der Waals surface area (Å²) in [6, 6.07) is 4.46. The molecule has 154 valence electrons. The molecule has 2 N–H and O–H groups in total. The van der Waals surface area contributed by atoms with Crippen molar-refractivity contribution in [1.82, 2.24) is 14.9 Å². The summed E-state index contributed by atoms with van der Waals surface area (Å²) in [5, 5.41) is 2.82. The van der Waals surface area contributed by atoms with E-state index in [9.17, 15) is 18.0 Å². The average molecular weight is 472 g/mol. The number of amides is 2. The van der Waals surface area contributed by atoms with E-state index in [1.165, 1.54) is 12.1 Å². The molecular formula is C19H26BrN3O4S. The fourth-order valence-electron chi connectivity index (χ4n) is 3.18. The van der Waals surface area contributed by atoms with Gasteiger partial charge in [-0.3, -0.25) is 9.59 Å². The maximum atomic E-state index is 12.5. The Morgan fingerprint density at radius 1 is 1.21 bits per heavy atom. The second-order valence-electron chi connectivity index (χ2n) is 7.34. The van der Waals surface area contributed by atoms with Crippen LogP contribution in [-0.2, 0) is 14.8 Å². The van der Waals surface area contributed by atoms with Gasteiger partial charge >= 0.3 is 0 Å². The normalized spacial score (nSPS) is 18.0. The third-order valence-electron chi connectivity index (χ3n) is 4.95. The van der Waals surface area contributed by atoms with E-state index in [-0.39, 0.29) is 28.3 Å². The molecule has 2 aliphatic rings. The molecule has 0 spiro atoms. The SMILES string of the molecule is O=C(NCCCN1CCCCCC1=O)c1cc(S(=O)(=O)NC2CC2)ccc1Br. The summed E-state index contributed by atoms with van der Waals surface area (Å²) < 4.78 is 27.9. The van der Waals surface area contributed by atoms with Crippen LogP contribution in [0, 0.1) is 0 Å². The van der Waals surface area contributed by atoms with Crippen LogP contribution in [0.3, 0.4) is 0 Å². The highest BCUT2D eigenvalue weighted by atomic mass is 79.9. The van der Waals surface area contributed by atoms with Crippen LogP contribution in [-0.4, -0.2) is 50.8 Å². The molecule has 7 nitrogen and oxygen atoms in total. The van der Waals surface area contributed by atoms with Gasteiger partial charge < -0.3 is 10.2 Å². The molecule has 1 aromatic carbocycles. The van der Waals surface area contributed by atoms with Gasteiger partial charge in [0.25, 0.3) is 5.91 Å². The lowest BCUT2D eigenvalue weighted by Crippen LogP contribution is -2.34. The summed E-state index contributed by atoms with van der Waals surface area (Å²) >= 11 is 3.32. The van der Waals surface area contributed by atoms with Crippen molar-refractivity contribution in [3.63, 3.8) is 0 Å². The highest BCUT2D eigenvalue weighted by Gasteiger charge is 2.28. The van der Waals surface area contributed by atoms with Gasteiger partial charge in [0, 0.05) is 36.6 Å². The van der Waals surface area contributed by atoms with Crippen molar-refractivity contribution in [2.24, 2.45) is 0 Å². The Morgan fingerprint density at radius 2 is 2.00 bits per heavy atom. The Balaban J connectivity index is 1.55. The van der Waals surface area contributed by atoms with Crippen LogP contribution < -0.4 is 10.0 Å². The molecule has 0 unspecified atom stereocenters. The third kappa shape index (κ3) is 5.78. The van der Waals surface area contributed by atoms with Crippen molar-refractivity contribution < 1.29 is 18.0 Å². The zero-order chi connectivity index (χ0) is 20.1. The van der Waals surface area contributed by atoms with Gasteiger partial charge in [-0.25, -0.2) is 13.1 Å². The van der Waals surface area contributed by atoms with Gasteiger partial charge in [0.1, 0.15) is 0 Å². The number of sulfonamides is 1. The number of likely N-dealkylation sites (tertiary alicyclic amines) is 1. The minimum absolute atomic E-state index is 0.00706. The van der Waals surface area contributed by atoms with Crippen LogP contribution in [0.5, 0.6) is 0 Å². The Hall–Kier alpha value is -1.45. The van der Waals surface area contributed by atoms with Crippen LogP contribution in [0.1, 0.15) is 55.3 Å². The van der Waals surface area contributed by atoms with E-state index in [2.05, 4.69) is 26.0 Å². The van der Waals surface area contributed by atoms with Gasteiger partial charge in [-0.2, -0.15) is 0 Å². The summed E-state index contributed by atoms with van der Waals surface area (Å²) in [6.45, 7) is 1.83. The fraction of sp³-hybridized carbons (Fsp3) is 0.579. The summed E-state index contributed by atoms with van der Waals surface area (Å²) in [5.74, 6) is -0.148. The van der Waals surface area contributed by atoms with Crippen molar-refractivity contribution in [2.45, 2.75) is 55.9 Å². The van der Waals surface area contributed by atoms with Crippen LogP contribution >= 0.6 is 15.9 Å². The third-order valence-corrected chi connectivity index (χ3v) is 7.16. The molecule has 3 rings (SSSR count). The molecule has 1 aromatic rings. The zero-order valence-corrected chi connectivity index (χ0v) is 18.1. The minimum Gasteiger partial charge on any atom is -0.352 e. The van der Waals surface area contributed by atoms with Crippen LogP contribution in [0.25, 0.3) is 0 Å². The Kier molecular flexibility index (Phi) is 7.11. The van der Waals surface area contributed by atoms with E-state index in [0.29, 0.717) is 30.4 Å². The van der Waals surface area contributed by atoms with Gasteiger partial charge in [0.15, 0.2) is 0 Å². The quantitative estimate of drug-likeness (QED) is 0.568. The molecule has 9 heteroatoms. The Bertz CT molecular complexity index is 840. The number of benzene rings is 1. The topological polar surface area (TPSA) is 95.6 Å². The molecule has 0 bridgehead atoms. The first-order chi connectivity index (χ1) is 13.4. The second kappa shape index (κ2) is 9.37. The Labute approximate surface area is 174 Å². The van der Waals surface area contributed by atoms with Gasteiger partial charge in [-0.15, -0.1) is 0 Å². The lowest BCUT2D eigenvalue weighted by Gasteiger charge is -2.20. The summed E-state index contributed by atoms with van der Waals surface area (Å²) in [7, 11) is -3.61. The van der Waals surface area contributed by atoms with Gasteiger partial charge in [-0.1, -0.05) is 6.42 Å².